The van der Waals surface area contributed by atoms with E-state index in [1.807, 2.05) is 13.8 Å². The van der Waals surface area contributed by atoms with Crippen LogP contribution in [0.5, 0.6) is 5.75 Å². The normalized spacial score (nSPS) is 16.6. The van der Waals surface area contributed by atoms with Crippen LogP contribution < -0.4 is 26.2 Å². The van der Waals surface area contributed by atoms with Gasteiger partial charge in [-0.3, -0.25) is 24.2 Å². The largest absolute Gasteiger partial charge is 0.524 e. The number of hydrogen-bond donors (Lipinski definition) is 6. The number of amides is 5. The van der Waals surface area contributed by atoms with Crippen LogP contribution in [0, 0.1) is 5.92 Å². The van der Waals surface area contributed by atoms with Crippen LogP contribution in [0.15, 0.2) is 30.3 Å². The number of nitrogens with one attached hydrogen (secondary N) is 3. The van der Waals surface area contributed by atoms with Crippen LogP contribution in [0.2, 0.25) is 0 Å². The molecule has 0 saturated carbocycles. The van der Waals surface area contributed by atoms with Gasteiger partial charge in [-0.05, 0) is 55.4 Å². The molecule has 1 aromatic rings. The standard InChI is InChI=1S/C24H36N5O8P/c1-15(2)13-19(23(32)29-12-4-5-20(29)22(31)26-10-11-27-24(25)33)28-21(30)14-16(3)17-6-8-18(9-7-17)37-38(34,35)36/h6-9,14-15,19-20H,4-5,10-13H2,1-3H3,(H,26,31)(H,28,30)(H3,25,27,33)(H2,34,35,36)/b16-14+/t19-,20-/m0/s1. The highest BCUT2D eigenvalue weighted by molar-refractivity contribution is 7.46. The van der Waals surface area contributed by atoms with Crippen LogP contribution in [0.4, 0.5) is 4.79 Å². The number of nitrogens with two attached hydrogens (primary N) is 1. The van der Waals surface area contributed by atoms with E-state index in [0.29, 0.717) is 36.9 Å². The topological polar surface area (TPSA) is 200 Å². The molecule has 7 N–H and O–H groups in total. The highest BCUT2D eigenvalue weighted by Crippen LogP contribution is 2.37. The average Bonchev–Trinajstić information content (AvgIpc) is 3.30. The zero-order valence-corrected chi connectivity index (χ0v) is 22.6. The number of rotatable bonds is 12. The second-order valence-corrected chi connectivity index (χ2v) is 10.6. The molecule has 1 aliphatic heterocycles. The summed E-state index contributed by atoms with van der Waals surface area (Å²) in [6.07, 6.45) is 2.84. The van der Waals surface area contributed by atoms with Gasteiger partial charge in [-0.15, -0.1) is 0 Å². The van der Waals surface area contributed by atoms with E-state index >= 15 is 0 Å². The Bertz CT molecular complexity index is 1090. The zero-order chi connectivity index (χ0) is 28.5. The number of phosphoric acid groups is 1. The Labute approximate surface area is 221 Å². The van der Waals surface area contributed by atoms with E-state index in [4.69, 9.17) is 15.5 Å². The van der Waals surface area contributed by atoms with E-state index in [-0.39, 0.29) is 36.6 Å². The first-order valence-corrected chi connectivity index (χ1v) is 13.8. The van der Waals surface area contributed by atoms with Crippen molar-refractivity contribution in [3.8, 4) is 5.75 Å². The molecule has 0 aromatic heterocycles. The van der Waals surface area contributed by atoms with Crippen molar-refractivity contribution >= 4 is 37.1 Å². The van der Waals surface area contributed by atoms with E-state index in [1.165, 1.54) is 23.1 Å². The number of likely N-dealkylation sites (tertiary alicyclic amines) is 1. The third-order valence-electron chi connectivity index (χ3n) is 5.77. The van der Waals surface area contributed by atoms with Crippen molar-refractivity contribution in [1.29, 1.82) is 0 Å². The van der Waals surface area contributed by atoms with Crippen LogP contribution in [0.1, 0.15) is 45.6 Å². The maximum atomic E-state index is 13.4. The number of hydrogen-bond acceptors (Lipinski definition) is 6. The number of allylic oxidation sites excluding steroid dienone is 1. The van der Waals surface area contributed by atoms with Crippen molar-refractivity contribution < 1.29 is 38.1 Å². The van der Waals surface area contributed by atoms with Crippen molar-refractivity contribution in [2.75, 3.05) is 19.6 Å². The Morgan fingerprint density at radius 1 is 1.16 bits per heavy atom. The summed E-state index contributed by atoms with van der Waals surface area (Å²) in [7, 11) is -4.68. The number of phosphoric ester groups is 1. The fourth-order valence-corrected chi connectivity index (χ4v) is 4.49. The SMILES string of the molecule is C/C(=C\C(=O)N[C@@H](CC(C)C)C(=O)N1CCC[C@H]1C(=O)NCCNC(N)=O)c1ccc(OP(=O)(O)O)cc1. The quantitative estimate of drug-likeness (QED) is 0.124. The second-order valence-electron chi connectivity index (χ2n) is 9.40. The van der Waals surface area contributed by atoms with Gasteiger partial charge in [0.1, 0.15) is 17.8 Å². The molecule has 1 aliphatic rings. The summed E-state index contributed by atoms with van der Waals surface area (Å²) in [5.41, 5.74) is 6.19. The lowest BCUT2D eigenvalue weighted by Gasteiger charge is -2.29. The van der Waals surface area contributed by atoms with Crippen molar-refractivity contribution in [3.63, 3.8) is 0 Å². The highest BCUT2D eigenvalue weighted by atomic mass is 31.2. The van der Waals surface area contributed by atoms with Crippen molar-refractivity contribution in [3.05, 3.63) is 35.9 Å². The van der Waals surface area contributed by atoms with E-state index in [1.54, 1.807) is 19.1 Å². The molecule has 13 nitrogen and oxygen atoms in total. The fraction of sp³-hybridized carbons (Fsp3) is 0.500. The lowest BCUT2D eigenvalue weighted by atomic mass is 10.0. The summed E-state index contributed by atoms with van der Waals surface area (Å²) in [5, 5.41) is 7.84. The van der Waals surface area contributed by atoms with Crippen LogP contribution in [0.25, 0.3) is 5.57 Å². The monoisotopic (exact) mass is 553 g/mol. The third kappa shape index (κ3) is 10.2. The summed E-state index contributed by atoms with van der Waals surface area (Å²) in [4.78, 5) is 69.0. The molecule has 210 valence electrons. The molecule has 2 rings (SSSR count). The van der Waals surface area contributed by atoms with Crippen LogP contribution in [-0.2, 0) is 18.9 Å². The number of carbonyl (C=O) groups excluding carboxylic acids is 4. The molecule has 0 aliphatic carbocycles. The van der Waals surface area contributed by atoms with Crippen LogP contribution in [0.3, 0.4) is 0 Å². The maximum absolute atomic E-state index is 13.4. The molecule has 14 heteroatoms. The first kappa shape index (κ1) is 30.8. The highest BCUT2D eigenvalue weighted by Gasteiger charge is 2.37. The van der Waals surface area contributed by atoms with E-state index < -0.39 is 31.8 Å². The van der Waals surface area contributed by atoms with E-state index in [2.05, 4.69) is 20.5 Å². The van der Waals surface area contributed by atoms with Gasteiger partial charge in [0.05, 0.1) is 0 Å². The Balaban J connectivity index is 2.07. The molecular weight excluding hydrogens is 517 g/mol. The Morgan fingerprint density at radius 3 is 2.37 bits per heavy atom. The van der Waals surface area contributed by atoms with Gasteiger partial charge in [0.25, 0.3) is 0 Å². The first-order valence-electron chi connectivity index (χ1n) is 12.2. The van der Waals surface area contributed by atoms with E-state index in [0.717, 1.165) is 0 Å². The molecule has 38 heavy (non-hydrogen) atoms. The van der Waals surface area contributed by atoms with Crippen LogP contribution in [-0.4, -0.2) is 70.2 Å². The number of primary amides is 1. The van der Waals surface area contributed by atoms with Crippen molar-refractivity contribution in [1.82, 2.24) is 20.9 Å². The number of carbonyl (C=O) groups is 4. The molecule has 1 aromatic carbocycles. The molecule has 0 bridgehead atoms. The van der Waals surface area contributed by atoms with Gasteiger partial charge in [0, 0.05) is 25.7 Å². The Kier molecular flexibility index (Phi) is 11.3. The number of urea groups is 1. The smallest absolute Gasteiger partial charge is 0.404 e. The minimum atomic E-state index is -4.68. The van der Waals surface area contributed by atoms with Crippen molar-refractivity contribution in [2.24, 2.45) is 11.7 Å². The first-order chi connectivity index (χ1) is 17.8. The lowest BCUT2D eigenvalue weighted by molar-refractivity contribution is -0.141. The molecule has 5 amide bonds. The summed E-state index contributed by atoms with van der Waals surface area (Å²) < 4.78 is 15.5. The summed E-state index contributed by atoms with van der Waals surface area (Å²) in [6.45, 7) is 6.26. The molecule has 1 saturated heterocycles. The predicted molar refractivity (Wildman–Crippen MR) is 139 cm³/mol. The van der Waals surface area contributed by atoms with Gasteiger partial charge in [-0.2, -0.15) is 0 Å². The predicted octanol–water partition coefficient (Wildman–Crippen LogP) is 0.868. The molecule has 0 spiro atoms. The minimum absolute atomic E-state index is 0.0183. The Morgan fingerprint density at radius 2 is 1.79 bits per heavy atom. The van der Waals surface area contributed by atoms with Crippen molar-refractivity contribution in [2.45, 2.75) is 52.1 Å². The van der Waals surface area contributed by atoms with Gasteiger partial charge in [-0.1, -0.05) is 26.0 Å². The summed E-state index contributed by atoms with van der Waals surface area (Å²) in [5.74, 6) is -1.10. The second kappa shape index (κ2) is 13.9. The lowest BCUT2D eigenvalue weighted by Crippen LogP contribution is -2.54. The zero-order valence-electron chi connectivity index (χ0n) is 21.7. The van der Waals surface area contributed by atoms with Gasteiger partial charge in [0.2, 0.25) is 17.7 Å². The fourth-order valence-electron chi connectivity index (χ4n) is 4.09. The van der Waals surface area contributed by atoms with Gasteiger partial charge >= 0.3 is 13.9 Å². The average molecular weight is 554 g/mol. The van der Waals surface area contributed by atoms with E-state index in [9.17, 15) is 23.7 Å². The van der Waals surface area contributed by atoms with Gasteiger partial charge in [0.15, 0.2) is 0 Å². The number of benzene rings is 1. The third-order valence-corrected chi connectivity index (χ3v) is 6.21. The molecule has 0 radical (unpaired) electrons. The Hall–Kier alpha value is -3.41. The number of nitrogens with zero attached hydrogens (tertiary/aromatic N) is 1. The summed E-state index contributed by atoms with van der Waals surface area (Å²) in [6, 6.07) is 3.64. The molecule has 1 fully saturated rings. The van der Waals surface area contributed by atoms with Crippen LogP contribution >= 0.6 is 7.82 Å². The van der Waals surface area contributed by atoms with Gasteiger partial charge < -0.3 is 31.1 Å². The molecule has 2 atom stereocenters. The van der Waals surface area contributed by atoms with Gasteiger partial charge in [-0.25, -0.2) is 9.36 Å². The molecule has 1 heterocycles. The maximum Gasteiger partial charge on any atom is 0.524 e. The summed E-state index contributed by atoms with van der Waals surface area (Å²) >= 11 is 0. The minimum Gasteiger partial charge on any atom is -0.404 e. The molecular formula is C24H36N5O8P. The molecule has 0 unspecified atom stereocenters.